The fourth-order valence-corrected chi connectivity index (χ4v) is 4.66. The van der Waals surface area contributed by atoms with Gasteiger partial charge in [-0.1, -0.05) is 76.0 Å². The predicted molar refractivity (Wildman–Crippen MR) is 102 cm³/mol. The Labute approximate surface area is 145 Å². The Morgan fingerprint density at radius 1 is 1.09 bits per heavy atom. The number of hydrogen-bond acceptors (Lipinski definition) is 2. The van der Waals surface area contributed by atoms with Gasteiger partial charge in [-0.2, -0.15) is 0 Å². The minimum atomic E-state index is 0.651. The van der Waals surface area contributed by atoms with E-state index in [-0.39, 0.29) is 0 Å². The van der Waals surface area contributed by atoms with Gasteiger partial charge in [0, 0.05) is 23.0 Å². The molecule has 1 unspecified atom stereocenters. The second-order valence-corrected chi connectivity index (χ2v) is 7.98. The topological polar surface area (TPSA) is 3.24 Å². The third-order valence-electron chi connectivity index (χ3n) is 4.43. The van der Waals surface area contributed by atoms with Gasteiger partial charge in [0.2, 0.25) is 0 Å². The van der Waals surface area contributed by atoms with Gasteiger partial charge < -0.3 is 4.90 Å². The predicted octanol–water partition coefficient (Wildman–Crippen LogP) is 6.75. The van der Waals surface area contributed by atoms with Gasteiger partial charge in [0.25, 0.3) is 0 Å². The monoisotopic (exact) mass is 339 g/mol. The van der Waals surface area contributed by atoms with Crippen LogP contribution in [0.25, 0.3) is 0 Å². The molecule has 1 atom stereocenters. The van der Waals surface area contributed by atoms with Crippen molar-refractivity contribution in [2.45, 2.75) is 70.1 Å². The SMILES string of the molecule is CCCCCCCCCCC1SCCN1c1cccc(Cl)c1. The van der Waals surface area contributed by atoms with Gasteiger partial charge in [-0.3, -0.25) is 0 Å². The van der Waals surface area contributed by atoms with Crippen molar-refractivity contribution in [3.05, 3.63) is 29.3 Å². The zero-order valence-electron chi connectivity index (χ0n) is 13.9. The Kier molecular flexibility index (Phi) is 8.54. The van der Waals surface area contributed by atoms with E-state index < -0.39 is 0 Å². The van der Waals surface area contributed by atoms with Crippen LogP contribution in [-0.2, 0) is 0 Å². The lowest BCUT2D eigenvalue weighted by Crippen LogP contribution is -2.27. The fraction of sp³-hybridized carbons (Fsp3) is 0.684. The van der Waals surface area contributed by atoms with E-state index in [4.69, 9.17) is 11.6 Å². The van der Waals surface area contributed by atoms with Gasteiger partial charge in [0.15, 0.2) is 0 Å². The van der Waals surface area contributed by atoms with Crippen molar-refractivity contribution >= 4 is 29.1 Å². The maximum Gasteiger partial charge on any atom is 0.0751 e. The van der Waals surface area contributed by atoms with Crippen LogP contribution in [0.5, 0.6) is 0 Å². The molecule has 0 radical (unpaired) electrons. The van der Waals surface area contributed by atoms with Crippen LogP contribution >= 0.6 is 23.4 Å². The van der Waals surface area contributed by atoms with E-state index in [0.29, 0.717) is 5.37 Å². The van der Waals surface area contributed by atoms with Gasteiger partial charge in [-0.15, -0.1) is 11.8 Å². The van der Waals surface area contributed by atoms with Gasteiger partial charge in [0.1, 0.15) is 0 Å². The molecule has 22 heavy (non-hydrogen) atoms. The molecule has 0 N–H and O–H groups in total. The Bertz CT molecular complexity index is 424. The van der Waals surface area contributed by atoms with Crippen molar-refractivity contribution in [1.82, 2.24) is 0 Å². The van der Waals surface area contributed by atoms with Crippen LogP contribution in [0.1, 0.15) is 64.7 Å². The van der Waals surface area contributed by atoms with E-state index in [0.717, 1.165) is 11.6 Å². The average molecular weight is 340 g/mol. The standard InChI is InChI=1S/C19H30ClNS/c1-2-3-4-5-6-7-8-9-13-19-21(14-15-22-19)18-12-10-11-17(20)16-18/h10-12,16,19H,2-9,13-15H2,1H3. The third kappa shape index (κ3) is 6.04. The Morgan fingerprint density at radius 3 is 2.55 bits per heavy atom. The van der Waals surface area contributed by atoms with Crippen molar-refractivity contribution in [2.24, 2.45) is 0 Å². The lowest BCUT2D eigenvalue weighted by molar-refractivity contribution is 0.558. The molecular weight excluding hydrogens is 310 g/mol. The molecule has 1 aromatic carbocycles. The van der Waals surface area contributed by atoms with Crippen molar-refractivity contribution < 1.29 is 0 Å². The zero-order chi connectivity index (χ0) is 15.6. The summed E-state index contributed by atoms with van der Waals surface area (Å²) in [5.74, 6) is 1.24. The number of rotatable bonds is 10. The second kappa shape index (κ2) is 10.4. The molecule has 1 aromatic rings. The second-order valence-electron chi connectivity index (χ2n) is 6.26. The van der Waals surface area contributed by atoms with Gasteiger partial charge in [-0.05, 0) is 24.6 Å². The largest absolute Gasteiger partial charge is 0.359 e. The van der Waals surface area contributed by atoms with Crippen LogP contribution in [-0.4, -0.2) is 17.7 Å². The first-order valence-electron chi connectivity index (χ1n) is 8.95. The van der Waals surface area contributed by atoms with Crippen LogP contribution in [0.2, 0.25) is 5.02 Å². The van der Waals surface area contributed by atoms with Crippen molar-refractivity contribution in [3.63, 3.8) is 0 Å². The molecule has 0 saturated carbocycles. The summed E-state index contributed by atoms with van der Waals surface area (Å²) in [6, 6.07) is 8.32. The molecule has 0 aromatic heterocycles. The van der Waals surface area contributed by atoms with E-state index in [2.05, 4.69) is 41.8 Å². The number of nitrogens with zero attached hydrogens (tertiary/aromatic N) is 1. The first-order valence-corrected chi connectivity index (χ1v) is 10.4. The van der Waals surface area contributed by atoms with Gasteiger partial charge in [0.05, 0.1) is 5.37 Å². The minimum absolute atomic E-state index is 0.651. The molecule has 1 heterocycles. The summed E-state index contributed by atoms with van der Waals surface area (Å²) in [4.78, 5) is 2.54. The Balaban J connectivity index is 1.65. The van der Waals surface area contributed by atoms with Gasteiger partial charge >= 0.3 is 0 Å². The van der Waals surface area contributed by atoms with Gasteiger partial charge in [-0.25, -0.2) is 0 Å². The molecule has 1 fully saturated rings. The molecule has 0 bridgehead atoms. The number of hydrogen-bond donors (Lipinski definition) is 0. The highest BCUT2D eigenvalue weighted by molar-refractivity contribution is 8.00. The highest BCUT2D eigenvalue weighted by atomic mass is 35.5. The molecule has 1 aliphatic rings. The van der Waals surface area contributed by atoms with E-state index in [1.54, 1.807) is 0 Å². The number of unbranched alkanes of at least 4 members (excludes halogenated alkanes) is 7. The Morgan fingerprint density at radius 2 is 1.82 bits per heavy atom. The molecule has 2 rings (SSSR count). The summed E-state index contributed by atoms with van der Waals surface area (Å²) < 4.78 is 0. The van der Waals surface area contributed by atoms with Crippen LogP contribution in [0.15, 0.2) is 24.3 Å². The fourth-order valence-electron chi connectivity index (χ4n) is 3.16. The molecule has 0 spiro atoms. The van der Waals surface area contributed by atoms with Crippen LogP contribution in [0.4, 0.5) is 5.69 Å². The van der Waals surface area contributed by atoms with Crippen LogP contribution in [0, 0.1) is 0 Å². The molecule has 0 amide bonds. The normalized spacial score (nSPS) is 18.1. The minimum Gasteiger partial charge on any atom is -0.359 e. The molecule has 124 valence electrons. The van der Waals surface area contributed by atoms with E-state index in [9.17, 15) is 0 Å². The average Bonchev–Trinajstić information content (AvgIpc) is 2.98. The molecule has 1 aliphatic heterocycles. The molecule has 3 heteroatoms. The maximum absolute atomic E-state index is 6.14. The molecule has 1 nitrogen and oxygen atoms in total. The highest BCUT2D eigenvalue weighted by Gasteiger charge is 2.24. The van der Waals surface area contributed by atoms with E-state index >= 15 is 0 Å². The molecular formula is C19H30ClNS. The summed E-state index contributed by atoms with van der Waals surface area (Å²) >= 11 is 8.24. The summed E-state index contributed by atoms with van der Waals surface area (Å²) in [6.07, 6.45) is 12.5. The smallest absolute Gasteiger partial charge is 0.0751 e. The molecule has 1 saturated heterocycles. The van der Waals surface area contributed by atoms with Crippen molar-refractivity contribution in [1.29, 1.82) is 0 Å². The number of benzene rings is 1. The third-order valence-corrected chi connectivity index (χ3v) is 5.96. The maximum atomic E-state index is 6.14. The van der Waals surface area contributed by atoms with Crippen LogP contribution < -0.4 is 4.90 Å². The van der Waals surface area contributed by atoms with E-state index in [1.165, 1.54) is 69.2 Å². The summed E-state index contributed by atoms with van der Waals surface area (Å²) in [6.45, 7) is 3.44. The quantitative estimate of drug-likeness (QED) is 0.434. The van der Waals surface area contributed by atoms with E-state index in [1.807, 2.05) is 6.07 Å². The first-order chi connectivity index (χ1) is 10.8. The summed E-state index contributed by atoms with van der Waals surface area (Å²) in [5.41, 5.74) is 1.29. The summed E-state index contributed by atoms with van der Waals surface area (Å²) in [7, 11) is 0. The Hall–Kier alpha value is -0.340. The number of anilines is 1. The van der Waals surface area contributed by atoms with Crippen molar-refractivity contribution in [3.8, 4) is 0 Å². The lowest BCUT2D eigenvalue weighted by Gasteiger charge is -2.26. The summed E-state index contributed by atoms with van der Waals surface area (Å²) in [5, 5.41) is 1.50. The molecule has 0 aliphatic carbocycles. The highest BCUT2D eigenvalue weighted by Crippen LogP contribution is 2.33. The van der Waals surface area contributed by atoms with Crippen LogP contribution in [0.3, 0.4) is 0 Å². The zero-order valence-corrected chi connectivity index (χ0v) is 15.5. The lowest BCUT2D eigenvalue weighted by atomic mass is 10.1. The number of thioether (sulfide) groups is 1. The number of halogens is 1. The van der Waals surface area contributed by atoms with Crippen molar-refractivity contribution in [2.75, 3.05) is 17.2 Å². The first kappa shape index (κ1) is 18.0.